The number of nitrogens with zero attached hydrogens (tertiary/aromatic N) is 2. The van der Waals surface area contributed by atoms with E-state index in [0.29, 0.717) is 24.3 Å². The van der Waals surface area contributed by atoms with E-state index in [1.54, 1.807) is 12.5 Å². The van der Waals surface area contributed by atoms with Gasteiger partial charge in [-0.15, -0.1) is 11.8 Å². The maximum atomic E-state index is 12.0. The molecule has 2 aromatic heterocycles. The van der Waals surface area contributed by atoms with Gasteiger partial charge < -0.3 is 14.6 Å². The van der Waals surface area contributed by atoms with Crippen LogP contribution >= 0.6 is 11.8 Å². The van der Waals surface area contributed by atoms with Crippen LogP contribution in [0.5, 0.6) is 0 Å². The van der Waals surface area contributed by atoms with Crippen molar-refractivity contribution in [3.63, 3.8) is 0 Å². The number of Topliss-reactive ketones (excluding diaryl/α,β-unsaturated/α-hetero) is 1. The molecular weight excluding hydrogens is 350 g/mol. The third kappa shape index (κ3) is 7.84. The van der Waals surface area contributed by atoms with Crippen molar-refractivity contribution < 1.29 is 14.0 Å². The number of carbonyl (C=O) groups is 2. The first-order chi connectivity index (χ1) is 12.5. The summed E-state index contributed by atoms with van der Waals surface area (Å²) in [7, 11) is 4.03. The first-order valence-electron chi connectivity index (χ1n) is 8.50. The highest BCUT2D eigenvalue weighted by molar-refractivity contribution is 7.99. The van der Waals surface area contributed by atoms with Gasteiger partial charge >= 0.3 is 0 Å². The Labute approximate surface area is 158 Å². The monoisotopic (exact) mass is 375 g/mol. The van der Waals surface area contributed by atoms with E-state index in [4.69, 9.17) is 4.42 Å². The Bertz CT molecular complexity index is 702. The first kappa shape index (κ1) is 20.2. The Hall–Kier alpha value is -2.12. The zero-order chi connectivity index (χ0) is 18.8. The summed E-state index contributed by atoms with van der Waals surface area (Å²) < 4.78 is 5.20. The van der Waals surface area contributed by atoms with Crippen LogP contribution in [0.1, 0.15) is 23.4 Å². The molecule has 0 spiro atoms. The largest absolute Gasteiger partial charge is 0.468 e. The van der Waals surface area contributed by atoms with Gasteiger partial charge in [-0.05, 0) is 50.3 Å². The zero-order valence-electron chi connectivity index (χ0n) is 15.2. The summed E-state index contributed by atoms with van der Waals surface area (Å²) in [4.78, 5) is 30.1. The minimum absolute atomic E-state index is 0.00852. The van der Waals surface area contributed by atoms with Crippen molar-refractivity contribution in [3.8, 4) is 0 Å². The molecule has 0 aliphatic rings. The van der Waals surface area contributed by atoms with Gasteiger partial charge in [-0.1, -0.05) is 0 Å². The van der Waals surface area contributed by atoms with Crippen molar-refractivity contribution in [2.24, 2.45) is 0 Å². The predicted octanol–water partition coefficient (Wildman–Crippen LogP) is 2.29. The zero-order valence-corrected chi connectivity index (χ0v) is 16.1. The van der Waals surface area contributed by atoms with E-state index in [1.165, 1.54) is 17.3 Å². The minimum Gasteiger partial charge on any atom is -0.468 e. The smallest absolute Gasteiger partial charge is 0.230 e. The number of aromatic nitrogens is 1. The molecule has 140 valence electrons. The molecule has 7 heteroatoms. The summed E-state index contributed by atoms with van der Waals surface area (Å²) >= 11 is 1.46. The fraction of sp³-hybridized carbons (Fsp3) is 0.421. The number of ketones is 1. The number of furan rings is 1. The van der Waals surface area contributed by atoms with E-state index in [9.17, 15) is 9.59 Å². The quantitative estimate of drug-likeness (QED) is 0.649. The second kappa shape index (κ2) is 10.8. The molecule has 0 unspecified atom stereocenters. The maximum absolute atomic E-state index is 12.0. The van der Waals surface area contributed by atoms with E-state index in [2.05, 4.69) is 15.2 Å². The van der Waals surface area contributed by atoms with Gasteiger partial charge in [0.1, 0.15) is 5.76 Å². The van der Waals surface area contributed by atoms with Gasteiger partial charge in [-0.3, -0.25) is 14.6 Å². The number of pyridine rings is 1. The maximum Gasteiger partial charge on any atom is 0.230 e. The number of rotatable bonds is 11. The molecule has 0 radical (unpaired) electrons. The average Bonchev–Trinajstić information content (AvgIpc) is 3.11. The van der Waals surface area contributed by atoms with Crippen LogP contribution in [-0.2, 0) is 28.3 Å². The number of aryl methyl sites for hydroxylation is 1. The van der Waals surface area contributed by atoms with Gasteiger partial charge in [0.05, 0.1) is 24.3 Å². The second-order valence-electron chi connectivity index (χ2n) is 6.28. The summed E-state index contributed by atoms with van der Waals surface area (Å²) in [6, 6.07) is 7.69. The van der Waals surface area contributed by atoms with Crippen LogP contribution in [-0.4, -0.2) is 48.0 Å². The first-order valence-corrected chi connectivity index (χ1v) is 9.65. The Kier molecular flexibility index (Phi) is 8.37. The Morgan fingerprint density at radius 1 is 1.31 bits per heavy atom. The van der Waals surface area contributed by atoms with Crippen molar-refractivity contribution in [1.82, 2.24) is 15.2 Å². The molecule has 0 saturated heterocycles. The van der Waals surface area contributed by atoms with Crippen molar-refractivity contribution in [3.05, 3.63) is 53.7 Å². The molecule has 2 aromatic rings. The molecule has 2 rings (SSSR count). The second-order valence-corrected chi connectivity index (χ2v) is 7.27. The van der Waals surface area contributed by atoms with Crippen molar-refractivity contribution in [2.45, 2.75) is 25.1 Å². The number of hydrogen-bond acceptors (Lipinski definition) is 6. The lowest BCUT2D eigenvalue weighted by Crippen LogP contribution is -2.31. The fourth-order valence-corrected chi connectivity index (χ4v) is 3.13. The van der Waals surface area contributed by atoms with Crippen molar-refractivity contribution >= 4 is 23.5 Å². The summed E-state index contributed by atoms with van der Waals surface area (Å²) in [6.07, 6.45) is 4.35. The summed E-state index contributed by atoms with van der Waals surface area (Å²) in [5.41, 5.74) is 2.08. The van der Waals surface area contributed by atoms with E-state index >= 15 is 0 Å². The Morgan fingerprint density at radius 3 is 2.88 bits per heavy atom. The van der Waals surface area contributed by atoms with E-state index in [-0.39, 0.29) is 18.2 Å². The van der Waals surface area contributed by atoms with Gasteiger partial charge in [0, 0.05) is 24.9 Å². The molecule has 0 aromatic carbocycles. The van der Waals surface area contributed by atoms with E-state index in [0.717, 1.165) is 18.0 Å². The summed E-state index contributed by atoms with van der Waals surface area (Å²) in [6.45, 7) is 0.909. The standard InChI is InChI=1S/C19H25N3O3S/c1-22(2)12-15-7-8-20-16(10-15)5-6-17(23)11-21-19(24)14-26-13-18-4-3-9-25-18/h3-4,7-10H,5-6,11-14H2,1-2H3,(H,21,24). The average molecular weight is 375 g/mol. The number of thioether (sulfide) groups is 1. The molecule has 0 saturated carbocycles. The molecule has 1 amide bonds. The highest BCUT2D eigenvalue weighted by atomic mass is 32.2. The minimum atomic E-state index is -0.138. The topological polar surface area (TPSA) is 75.4 Å². The molecule has 2 heterocycles. The number of carbonyl (C=O) groups excluding carboxylic acids is 2. The molecule has 0 bridgehead atoms. The van der Waals surface area contributed by atoms with Gasteiger partial charge in [0.2, 0.25) is 5.91 Å². The Balaban J connectivity index is 1.63. The van der Waals surface area contributed by atoms with Crippen LogP contribution in [0.3, 0.4) is 0 Å². The van der Waals surface area contributed by atoms with Gasteiger partial charge in [0.15, 0.2) is 5.78 Å². The molecule has 0 aliphatic heterocycles. The summed E-state index contributed by atoms with van der Waals surface area (Å²) in [5.74, 6) is 1.66. The molecule has 0 atom stereocenters. The molecular formula is C19H25N3O3S. The predicted molar refractivity (Wildman–Crippen MR) is 103 cm³/mol. The lowest BCUT2D eigenvalue weighted by Gasteiger charge is -2.10. The van der Waals surface area contributed by atoms with Gasteiger partial charge in [-0.25, -0.2) is 0 Å². The van der Waals surface area contributed by atoms with Gasteiger partial charge in [0.25, 0.3) is 0 Å². The van der Waals surface area contributed by atoms with Crippen LogP contribution in [0.2, 0.25) is 0 Å². The van der Waals surface area contributed by atoms with Crippen LogP contribution in [0.15, 0.2) is 41.1 Å². The van der Waals surface area contributed by atoms with E-state index < -0.39 is 0 Å². The van der Waals surface area contributed by atoms with Crippen molar-refractivity contribution in [2.75, 3.05) is 26.4 Å². The molecule has 26 heavy (non-hydrogen) atoms. The SMILES string of the molecule is CN(C)Cc1ccnc(CCC(=O)CNC(=O)CSCc2ccco2)c1. The van der Waals surface area contributed by atoms with Gasteiger partial charge in [-0.2, -0.15) is 0 Å². The van der Waals surface area contributed by atoms with Crippen LogP contribution in [0, 0.1) is 0 Å². The summed E-state index contributed by atoms with van der Waals surface area (Å²) in [5, 5.41) is 2.67. The lowest BCUT2D eigenvalue weighted by atomic mass is 10.1. The molecule has 1 N–H and O–H groups in total. The van der Waals surface area contributed by atoms with Crippen LogP contribution < -0.4 is 5.32 Å². The normalized spacial score (nSPS) is 10.9. The number of nitrogens with one attached hydrogen (secondary N) is 1. The number of hydrogen-bond donors (Lipinski definition) is 1. The lowest BCUT2D eigenvalue weighted by molar-refractivity contribution is -0.123. The highest BCUT2D eigenvalue weighted by Gasteiger charge is 2.08. The fourth-order valence-electron chi connectivity index (χ4n) is 2.37. The third-order valence-electron chi connectivity index (χ3n) is 3.58. The highest BCUT2D eigenvalue weighted by Crippen LogP contribution is 2.11. The van der Waals surface area contributed by atoms with E-state index in [1.807, 2.05) is 38.4 Å². The third-order valence-corrected chi connectivity index (χ3v) is 4.54. The number of amides is 1. The molecule has 0 fully saturated rings. The van der Waals surface area contributed by atoms with Crippen molar-refractivity contribution in [1.29, 1.82) is 0 Å². The molecule has 6 nitrogen and oxygen atoms in total. The Morgan fingerprint density at radius 2 is 2.15 bits per heavy atom. The molecule has 0 aliphatic carbocycles. The van der Waals surface area contributed by atoms with Crippen LogP contribution in [0.4, 0.5) is 0 Å². The van der Waals surface area contributed by atoms with Crippen LogP contribution in [0.25, 0.3) is 0 Å².